The highest BCUT2D eigenvalue weighted by molar-refractivity contribution is 6.27. The highest BCUT2D eigenvalue weighted by atomic mass is 35.5. The highest BCUT2D eigenvalue weighted by Gasteiger charge is 2.22. The number of halogens is 2. The van der Waals surface area contributed by atoms with Gasteiger partial charge in [0.15, 0.2) is 0 Å². The number of piperidine rings is 1. The van der Waals surface area contributed by atoms with Gasteiger partial charge in [-0.3, -0.25) is 9.59 Å². The summed E-state index contributed by atoms with van der Waals surface area (Å²) >= 11 is 5.48. The van der Waals surface area contributed by atoms with E-state index in [2.05, 4.69) is 10.2 Å². The van der Waals surface area contributed by atoms with Gasteiger partial charge in [-0.1, -0.05) is 12.1 Å². The summed E-state index contributed by atoms with van der Waals surface area (Å²) < 4.78 is 0. The molecule has 1 fully saturated rings. The number of carbonyl (C=O) groups is 2. The molecule has 0 spiro atoms. The summed E-state index contributed by atoms with van der Waals surface area (Å²) in [6, 6.07) is 7.48. The van der Waals surface area contributed by atoms with Gasteiger partial charge in [0.2, 0.25) is 5.91 Å². The summed E-state index contributed by atoms with van der Waals surface area (Å²) in [5.74, 6) is -0.564. The van der Waals surface area contributed by atoms with E-state index in [1.165, 1.54) is 0 Å². The number of carbonyl (C=O) groups excluding carboxylic acids is 2. The van der Waals surface area contributed by atoms with Crippen LogP contribution in [0.25, 0.3) is 0 Å². The van der Waals surface area contributed by atoms with Crippen LogP contribution in [-0.2, 0) is 4.79 Å². The molecular weight excluding hydrogens is 313 g/mol. The molecule has 0 aliphatic carbocycles. The molecule has 0 bridgehead atoms. The van der Waals surface area contributed by atoms with Gasteiger partial charge < -0.3 is 16.0 Å². The third kappa shape index (κ3) is 4.51. The Labute approximate surface area is 135 Å². The maximum absolute atomic E-state index is 11.4. The molecule has 1 aromatic rings. The van der Waals surface area contributed by atoms with Gasteiger partial charge in [-0.2, -0.15) is 0 Å². The molecule has 2 amide bonds. The van der Waals surface area contributed by atoms with E-state index in [0.29, 0.717) is 5.56 Å². The monoisotopic (exact) mass is 331 g/mol. The standard InChI is InChI=1S/C14H18ClN3O2.ClH/c15-9-13(19)17-10-5-7-18(8-6-10)12-4-2-1-3-11(12)14(16)20;/h1-4,10H,5-9H2,(H2,16,20)(H,17,19);1H. The number of alkyl halides is 1. The van der Waals surface area contributed by atoms with Gasteiger partial charge in [-0.15, -0.1) is 24.0 Å². The molecule has 0 atom stereocenters. The predicted molar refractivity (Wildman–Crippen MR) is 86.3 cm³/mol. The van der Waals surface area contributed by atoms with E-state index in [-0.39, 0.29) is 30.2 Å². The van der Waals surface area contributed by atoms with E-state index >= 15 is 0 Å². The minimum Gasteiger partial charge on any atom is -0.371 e. The molecule has 0 saturated carbocycles. The number of rotatable bonds is 4. The Bertz CT molecular complexity index is 503. The molecule has 1 saturated heterocycles. The molecule has 1 aromatic carbocycles. The van der Waals surface area contributed by atoms with Crippen molar-refractivity contribution in [1.82, 2.24) is 5.32 Å². The van der Waals surface area contributed by atoms with E-state index in [4.69, 9.17) is 17.3 Å². The Morgan fingerprint density at radius 3 is 2.48 bits per heavy atom. The number of benzene rings is 1. The first-order valence-corrected chi connectivity index (χ1v) is 7.14. The minimum atomic E-state index is -0.418. The van der Waals surface area contributed by atoms with Crippen molar-refractivity contribution in [2.45, 2.75) is 18.9 Å². The third-order valence-corrected chi connectivity index (χ3v) is 3.73. The second-order valence-corrected chi connectivity index (χ2v) is 5.11. The number of hydrogen-bond acceptors (Lipinski definition) is 3. The fourth-order valence-corrected chi connectivity index (χ4v) is 2.57. The van der Waals surface area contributed by atoms with Gasteiger partial charge in [-0.25, -0.2) is 0 Å². The lowest BCUT2D eigenvalue weighted by atomic mass is 10.0. The Balaban J connectivity index is 0.00000220. The van der Waals surface area contributed by atoms with Crippen molar-refractivity contribution >= 4 is 41.5 Å². The van der Waals surface area contributed by atoms with Crippen LogP contribution in [-0.4, -0.2) is 36.8 Å². The van der Waals surface area contributed by atoms with Crippen molar-refractivity contribution in [3.63, 3.8) is 0 Å². The number of primary amides is 1. The Kier molecular flexibility index (Phi) is 6.78. The molecule has 2 rings (SSSR count). The fourth-order valence-electron chi connectivity index (χ4n) is 2.49. The molecule has 7 heteroatoms. The number of nitrogens with two attached hydrogens (primary N) is 1. The minimum absolute atomic E-state index is 0. The topological polar surface area (TPSA) is 75.4 Å². The first-order valence-electron chi connectivity index (χ1n) is 6.61. The zero-order valence-electron chi connectivity index (χ0n) is 11.5. The Hall–Kier alpha value is -1.46. The van der Waals surface area contributed by atoms with Crippen molar-refractivity contribution in [1.29, 1.82) is 0 Å². The molecule has 21 heavy (non-hydrogen) atoms. The quantitative estimate of drug-likeness (QED) is 0.821. The first-order chi connectivity index (χ1) is 9.61. The number of amides is 2. The maximum Gasteiger partial charge on any atom is 0.250 e. The van der Waals surface area contributed by atoms with Crippen LogP contribution < -0.4 is 16.0 Å². The zero-order chi connectivity index (χ0) is 14.5. The summed E-state index contributed by atoms with van der Waals surface area (Å²) in [4.78, 5) is 24.8. The lowest BCUT2D eigenvalue weighted by Crippen LogP contribution is -2.45. The van der Waals surface area contributed by atoms with Crippen molar-refractivity contribution in [3.05, 3.63) is 29.8 Å². The van der Waals surface area contributed by atoms with Crippen LogP contribution in [0.2, 0.25) is 0 Å². The van der Waals surface area contributed by atoms with Crippen LogP contribution in [0.15, 0.2) is 24.3 Å². The molecule has 0 aromatic heterocycles. The van der Waals surface area contributed by atoms with E-state index < -0.39 is 5.91 Å². The van der Waals surface area contributed by atoms with Gasteiger partial charge in [0.1, 0.15) is 5.88 Å². The van der Waals surface area contributed by atoms with Crippen LogP contribution in [0.4, 0.5) is 5.69 Å². The first kappa shape index (κ1) is 17.6. The molecule has 116 valence electrons. The molecule has 3 N–H and O–H groups in total. The normalized spacial score (nSPS) is 15.2. The van der Waals surface area contributed by atoms with Crippen LogP contribution >= 0.6 is 24.0 Å². The fraction of sp³-hybridized carbons (Fsp3) is 0.429. The number of anilines is 1. The van der Waals surface area contributed by atoms with Gasteiger partial charge in [0, 0.05) is 24.8 Å². The largest absolute Gasteiger partial charge is 0.371 e. The molecule has 5 nitrogen and oxygen atoms in total. The second-order valence-electron chi connectivity index (χ2n) is 4.84. The molecule has 0 unspecified atom stereocenters. The van der Waals surface area contributed by atoms with Crippen molar-refractivity contribution < 1.29 is 9.59 Å². The van der Waals surface area contributed by atoms with Gasteiger partial charge in [-0.05, 0) is 25.0 Å². The Morgan fingerprint density at radius 2 is 1.90 bits per heavy atom. The zero-order valence-corrected chi connectivity index (χ0v) is 13.1. The number of nitrogens with zero attached hydrogens (tertiary/aromatic N) is 1. The van der Waals surface area contributed by atoms with Crippen LogP contribution in [0, 0.1) is 0 Å². The number of para-hydroxylation sites is 1. The SMILES string of the molecule is Cl.NC(=O)c1ccccc1N1CCC(NC(=O)CCl)CC1. The van der Waals surface area contributed by atoms with Crippen LogP contribution in [0.5, 0.6) is 0 Å². The third-order valence-electron chi connectivity index (χ3n) is 3.49. The smallest absolute Gasteiger partial charge is 0.250 e. The molecular formula is C14H19Cl2N3O2. The summed E-state index contributed by atoms with van der Waals surface area (Å²) in [5, 5.41) is 2.89. The molecule has 1 heterocycles. The average Bonchev–Trinajstić information content (AvgIpc) is 2.48. The van der Waals surface area contributed by atoms with E-state index in [0.717, 1.165) is 31.6 Å². The summed E-state index contributed by atoms with van der Waals surface area (Å²) in [6.45, 7) is 1.55. The van der Waals surface area contributed by atoms with E-state index in [9.17, 15) is 9.59 Å². The number of hydrogen-bond donors (Lipinski definition) is 2. The van der Waals surface area contributed by atoms with Crippen LogP contribution in [0.1, 0.15) is 23.2 Å². The summed E-state index contributed by atoms with van der Waals surface area (Å²) in [5.41, 5.74) is 6.80. The van der Waals surface area contributed by atoms with Crippen molar-refractivity contribution in [2.75, 3.05) is 23.9 Å². The van der Waals surface area contributed by atoms with Crippen LogP contribution in [0.3, 0.4) is 0 Å². The molecule has 0 radical (unpaired) electrons. The van der Waals surface area contributed by atoms with Crippen molar-refractivity contribution in [3.8, 4) is 0 Å². The van der Waals surface area contributed by atoms with Crippen molar-refractivity contribution in [2.24, 2.45) is 5.73 Å². The van der Waals surface area contributed by atoms with Gasteiger partial charge in [0.25, 0.3) is 5.91 Å². The lowest BCUT2D eigenvalue weighted by Gasteiger charge is -2.34. The lowest BCUT2D eigenvalue weighted by molar-refractivity contribution is -0.119. The predicted octanol–water partition coefficient (Wildman–Crippen LogP) is 1.53. The maximum atomic E-state index is 11.4. The van der Waals surface area contributed by atoms with Gasteiger partial charge >= 0.3 is 0 Å². The van der Waals surface area contributed by atoms with Gasteiger partial charge in [0.05, 0.1) is 5.56 Å². The number of nitrogens with one attached hydrogen (secondary N) is 1. The average molecular weight is 332 g/mol. The highest BCUT2D eigenvalue weighted by Crippen LogP contribution is 2.23. The summed E-state index contributed by atoms with van der Waals surface area (Å²) in [6.07, 6.45) is 1.66. The Morgan fingerprint density at radius 1 is 1.29 bits per heavy atom. The second kappa shape index (κ2) is 8.10. The summed E-state index contributed by atoms with van der Waals surface area (Å²) in [7, 11) is 0. The molecule has 1 aliphatic rings. The van der Waals surface area contributed by atoms with E-state index in [1.807, 2.05) is 12.1 Å². The molecule has 1 aliphatic heterocycles. The van der Waals surface area contributed by atoms with E-state index in [1.54, 1.807) is 12.1 Å².